The lowest BCUT2D eigenvalue weighted by atomic mass is 9.97. The summed E-state index contributed by atoms with van der Waals surface area (Å²) >= 11 is 0. The van der Waals surface area contributed by atoms with Crippen molar-refractivity contribution in [2.45, 2.75) is 25.5 Å². The van der Waals surface area contributed by atoms with Gasteiger partial charge in [-0.15, -0.1) is 0 Å². The summed E-state index contributed by atoms with van der Waals surface area (Å²) in [5.41, 5.74) is 0.266. The molecule has 1 fully saturated rings. The van der Waals surface area contributed by atoms with Gasteiger partial charge in [0.1, 0.15) is 12.4 Å². The minimum atomic E-state index is -0.948. The van der Waals surface area contributed by atoms with Crippen molar-refractivity contribution in [3.63, 3.8) is 0 Å². The molecule has 2 rings (SSSR count). The van der Waals surface area contributed by atoms with Crippen LogP contribution in [0.2, 0.25) is 0 Å². The first-order valence-electron chi connectivity index (χ1n) is 8.03. The first-order chi connectivity index (χ1) is 11.6. The molecule has 1 heterocycles. The molecule has 132 valence electrons. The van der Waals surface area contributed by atoms with Crippen LogP contribution in [-0.4, -0.2) is 56.2 Å². The summed E-state index contributed by atoms with van der Waals surface area (Å²) in [5.74, 6) is -1.12. The van der Waals surface area contributed by atoms with E-state index in [0.717, 1.165) is 0 Å². The van der Waals surface area contributed by atoms with E-state index in [1.54, 1.807) is 25.2 Å². The third kappa shape index (κ3) is 4.30. The van der Waals surface area contributed by atoms with Crippen LogP contribution in [0.3, 0.4) is 0 Å². The van der Waals surface area contributed by atoms with Gasteiger partial charge in [-0.2, -0.15) is 0 Å². The van der Waals surface area contributed by atoms with E-state index < -0.39 is 18.0 Å². The molecular weight excluding hydrogens is 315 g/mol. The van der Waals surface area contributed by atoms with Gasteiger partial charge >= 0.3 is 0 Å². The number of benzene rings is 1. The van der Waals surface area contributed by atoms with E-state index in [1.165, 1.54) is 11.0 Å². The minimum absolute atomic E-state index is 0.196. The zero-order chi connectivity index (χ0) is 17.5. The van der Waals surface area contributed by atoms with E-state index in [-0.39, 0.29) is 24.0 Å². The van der Waals surface area contributed by atoms with Crippen molar-refractivity contribution in [3.05, 3.63) is 35.6 Å². The van der Waals surface area contributed by atoms with E-state index in [4.69, 9.17) is 9.47 Å². The molecule has 1 N–H and O–H groups in total. The van der Waals surface area contributed by atoms with E-state index in [9.17, 15) is 14.0 Å². The van der Waals surface area contributed by atoms with Crippen LogP contribution in [0.15, 0.2) is 24.3 Å². The second-order valence-corrected chi connectivity index (χ2v) is 5.54. The average molecular weight is 338 g/mol. The van der Waals surface area contributed by atoms with Gasteiger partial charge in [0.2, 0.25) is 5.91 Å². The molecule has 0 saturated carbocycles. The van der Waals surface area contributed by atoms with Gasteiger partial charge in [0, 0.05) is 32.4 Å². The van der Waals surface area contributed by atoms with Crippen LogP contribution in [-0.2, 0) is 19.1 Å². The molecule has 6 nitrogen and oxygen atoms in total. The van der Waals surface area contributed by atoms with Gasteiger partial charge in [-0.1, -0.05) is 18.2 Å². The fourth-order valence-corrected chi connectivity index (χ4v) is 2.65. The first-order valence-corrected chi connectivity index (χ1v) is 8.03. The molecule has 1 aliphatic rings. The van der Waals surface area contributed by atoms with Crippen molar-refractivity contribution < 1.29 is 23.5 Å². The van der Waals surface area contributed by atoms with Crippen molar-refractivity contribution in [1.82, 2.24) is 10.2 Å². The van der Waals surface area contributed by atoms with Crippen LogP contribution in [0, 0.1) is 5.82 Å². The summed E-state index contributed by atoms with van der Waals surface area (Å²) in [6.07, 6.45) is -0.275. The lowest BCUT2D eigenvalue weighted by molar-refractivity contribution is -0.162. The highest BCUT2D eigenvalue weighted by atomic mass is 19.1. The molecule has 1 aromatic carbocycles. The predicted octanol–water partition coefficient (Wildman–Crippen LogP) is 1.27. The number of hydrogen-bond acceptors (Lipinski definition) is 4. The molecule has 0 aromatic heterocycles. The summed E-state index contributed by atoms with van der Waals surface area (Å²) in [6.45, 7) is 3.32. The SMILES string of the molecule is CCOCCCNC(=O)[C@H]1OCC(=O)N(C)[C@H]1c1ccccc1F. The lowest BCUT2D eigenvalue weighted by Gasteiger charge is -2.38. The molecule has 1 aliphatic heterocycles. The largest absolute Gasteiger partial charge is 0.382 e. The third-order valence-corrected chi connectivity index (χ3v) is 3.93. The second kappa shape index (κ2) is 8.75. The van der Waals surface area contributed by atoms with E-state index in [1.807, 2.05) is 6.92 Å². The zero-order valence-electron chi connectivity index (χ0n) is 14.0. The molecule has 7 heteroatoms. The van der Waals surface area contributed by atoms with Gasteiger partial charge in [-0.05, 0) is 19.4 Å². The number of likely N-dealkylation sites (N-methyl/N-ethyl adjacent to an activating group) is 1. The topological polar surface area (TPSA) is 67.9 Å². The van der Waals surface area contributed by atoms with Gasteiger partial charge in [0.25, 0.3) is 5.91 Å². The minimum Gasteiger partial charge on any atom is -0.382 e. The van der Waals surface area contributed by atoms with Crippen LogP contribution in [0.5, 0.6) is 0 Å². The maximum atomic E-state index is 14.2. The van der Waals surface area contributed by atoms with Gasteiger partial charge in [-0.25, -0.2) is 4.39 Å². The number of morpholine rings is 1. The highest BCUT2D eigenvalue weighted by Crippen LogP contribution is 2.30. The Morgan fingerprint density at radius 1 is 1.46 bits per heavy atom. The second-order valence-electron chi connectivity index (χ2n) is 5.54. The maximum Gasteiger partial charge on any atom is 0.251 e. The Balaban J connectivity index is 2.09. The normalized spacial score (nSPS) is 21.0. The predicted molar refractivity (Wildman–Crippen MR) is 85.8 cm³/mol. The summed E-state index contributed by atoms with van der Waals surface area (Å²) in [6, 6.07) is 5.31. The van der Waals surface area contributed by atoms with Crippen molar-refractivity contribution in [3.8, 4) is 0 Å². The van der Waals surface area contributed by atoms with Crippen LogP contribution < -0.4 is 5.32 Å². The molecular formula is C17H23FN2O4. The van der Waals surface area contributed by atoms with Gasteiger partial charge < -0.3 is 19.7 Å². The van der Waals surface area contributed by atoms with E-state index >= 15 is 0 Å². The third-order valence-electron chi connectivity index (χ3n) is 3.93. The average Bonchev–Trinajstić information content (AvgIpc) is 2.57. The van der Waals surface area contributed by atoms with Gasteiger partial charge in [0.05, 0.1) is 6.04 Å². The molecule has 0 unspecified atom stereocenters. The van der Waals surface area contributed by atoms with E-state index in [0.29, 0.717) is 26.2 Å². The highest BCUT2D eigenvalue weighted by Gasteiger charge is 2.41. The molecule has 0 aliphatic carbocycles. The first kappa shape index (κ1) is 18.4. The molecule has 1 saturated heterocycles. The molecule has 24 heavy (non-hydrogen) atoms. The summed E-state index contributed by atoms with van der Waals surface area (Å²) in [5, 5.41) is 2.76. The van der Waals surface area contributed by atoms with Gasteiger partial charge in [0.15, 0.2) is 6.10 Å². The number of nitrogens with zero attached hydrogens (tertiary/aromatic N) is 1. The Morgan fingerprint density at radius 2 is 2.21 bits per heavy atom. The van der Waals surface area contributed by atoms with Crippen LogP contribution in [0.1, 0.15) is 24.9 Å². The maximum absolute atomic E-state index is 14.2. The van der Waals surface area contributed by atoms with Crippen LogP contribution >= 0.6 is 0 Å². The van der Waals surface area contributed by atoms with Crippen molar-refractivity contribution >= 4 is 11.8 Å². The summed E-state index contributed by atoms with van der Waals surface area (Å²) < 4.78 is 24.8. The molecule has 0 radical (unpaired) electrons. The van der Waals surface area contributed by atoms with Crippen LogP contribution in [0.25, 0.3) is 0 Å². The number of nitrogens with one attached hydrogen (secondary N) is 1. The molecule has 2 atom stereocenters. The number of carbonyl (C=O) groups is 2. The van der Waals surface area contributed by atoms with Crippen molar-refractivity contribution in [2.75, 3.05) is 33.4 Å². The summed E-state index contributed by atoms with van der Waals surface area (Å²) in [4.78, 5) is 25.7. The number of halogens is 1. The number of rotatable bonds is 7. The van der Waals surface area contributed by atoms with Crippen LogP contribution in [0.4, 0.5) is 4.39 Å². The Labute approximate surface area is 140 Å². The Morgan fingerprint density at radius 3 is 2.92 bits per heavy atom. The number of amides is 2. The Kier molecular flexibility index (Phi) is 6.69. The number of carbonyl (C=O) groups excluding carboxylic acids is 2. The fourth-order valence-electron chi connectivity index (χ4n) is 2.65. The lowest BCUT2D eigenvalue weighted by Crippen LogP contribution is -2.53. The molecule has 1 aromatic rings. The fraction of sp³-hybridized carbons (Fsp3) is 0.529. The quantitative estimate of drug-likeness (QED) is 0.760. The number of hydrogen-bond donors (Lipinski definition) is 1. The Bertz CT molecular complexity index is 581. The smallest absolute Gasteiger partial charge is 0.251 e. The summed E-state index contributed by atoms with van der Waals surface area (Å²) in [7, 11) is 1.55. The molecule has 0 spiro atoms. The standard InChI is InChI=1S/C17H23FN2O4/c1-3-23-10-6-9-19-17(22)16-15(20(2)14(21)11-24-16)12-7-4-5-8-13(12)18/h4-5,7-8,15-16H,3,6,9-11H2,1-2H3,(H,19,22)/t15-,16-/m0/s1. The van der Waals surface area contributed by atoms with Crippen molar-refractivity contribution in [2.24, 2.45) is 0 Å². The molecule has 2 amide bonds. The molecule has 0 bridgehead atoms. The monoisotopic (exact) mass is 338 g/mol. The number of ether oxygens (including phenoxy) is 2. The van der Waals surface area contributed by atoms with E-state index in [2.05, 4.69) is 5.32 Å². The van der Waals surface area contributed by atoms with Gasteiger partial charge in [-0.3, -0.25) is 9.59 Å². The zero-order valence-corrected chi connectivity index (χ0v) is 14.0. The van der Waals surface area contributed by atoms with Crippen molar-refractivity contribution in [1.29, 1.82) is 0 Å². The highest BCUT2D eigenvalue weighted by molar-refractivity contribution is 5.86. The Hall–Kier alpha value is -1.99.